The Morgan fingerprint density at radius 3 is 2.82 bits per heavy atom. The molecule has 0 aliphatic heterocycles. The fourth-order valence-electron chi connectivity index (χ4n) is 1.96. The molecule has 0 atom stereocenters. The van der Waals surface area contributed by atoms with Gasteiger partial charge in [-0.1, -0.05) is 12.0 Å². The summed E-state index contributed by atoms with van der Waals surface area (Å²) < 4.78 is 25.6. The third-order valence-electron chi connectivity index (χ3n) is 2.98. The molecule has 6 heteroatoms. The smallest absolute Gasteiger partial charge is 0.131 e. The van der Waals surface area contributed by atoms with Crippen LogP contribution in [-0.4, -0.2) is 20.0 Å². The highest BCUT2D eigenvalue weighted by Crippen LogP contribution is 2.10. The highest BCUT2D eigenvalue weighted by Gasteiger charge is 2.02. The van der Waals surface area contributed by atoms with E-state index in [1.807, 2.05) is 0 Å². The molecule has 0 N–H and O–H groups in total. The van der Waals surface area contributed by atoms with Crippen LogP contribution in [0.15, 0.2) is 36.4 Å². The molecule has 0 saturated carbocycles. The third kappa shape index (κ3) is 3.26. The average molecular weight is 298 g/mol. The van der Waals surface area contributed by atoms with Crippen LogP contribution in [0.5, 0.6) is 0 Å². The minimum atomic E-state index is -0.601. The van der Waals surface area contributed by atoms with E-state index in [0.29, 0.717) is 35.4 Å². The molecule has 0 fully saturated rings. The molecule has 2 heterocycles. The lowest BCUT2D eigenvalue weighted by Crippen LogP contribution is -2.01. The molecular weight excluding hydrogens is 286 g/mol. The Labute approximate surface area is 125 Å². The quantitative estimate of drug-likeness (QED) is 0.698. The van der Waals surface area contributed by atoms with E-state index >= 15 is 0 Å². The zero-order valence-corrected chi connectivity index (χ0v) is 11.6. The van der Waals surface area contributed by atoms with Crippen LogP contribution >= 0.6 is 0 Å². The van der Waals surface area contributed by atoms with Gasteiger partial charge in [0.1, 0.15) is 29.2 Å². The van der Waals surface area contributed by atoms with Crippen molar-refractivity contribution >= 4 is 11.0 Å². The van der Waals surface area contributed by atoms with E-state index in [1.54, 1.807) is 24.3 Å². The zero-order valence-electron chi connectivity index (χ0n) is 11.6. The summed E-state index contributed by atoms with van der Waals surface area (Å²) in [5.74, 6) is 5.49. The van der Waals surface area contributed by atoms with E-state index in [9.17, 15) is 8.78 Å². The summed E-state index contributed by atoms with van der Waals surface area (Å²) in [5, 5.41) is 8.41. The molecule has 3 aromatic rings. The van der Waals surface area contributed by atoms with Crippen molar-refractivity contribution in [3.63, 3.8) is 0 Å². The summed E-state index contributed by atoms with van der Waals surface area (Å²) in [6.45, 7) is -0.109. The van der Waals surface area contributed by atoms with E-state index in [-0.39, 0.29) is 5.82 Å². The Kier molecular flexibility index (Phi) is 4.05. The summed E-state index contributed by atoms with van der Waals surface area (Å²) in [7, 11) is 0. The molecule has 0 radical (unpaired) electrons. The second-order valence-corrected chi connectivity index (χ2v) is 4.63. The molecule has 0 aliphatic carbocycles. The third-order valence-corrected chi connectivity index (χ3v) is 2.98. The number of hydrogen-bond donors (Lipinski definition) is 0. The summed E-state index contributed by atoms with van der Waals surface area (Å²) in [5.41, 5.74) is 2.07. The van der Waals surface area contributed by atoms with Crippen LogP contribution in [0, 0.1) is 17.7 Å². The maximum absolute atomic E-state index is 13.1. The predicted molar refractivity (Wildman–Crippen MR) is 78.0 cm³/mol. The van der Waals surface area contributed by atoms with Gasteiger partial charge in [-0.05, 0) is 30.2 Å². The van der Waals surface area contributed by atoms with Gasteiger partial charge in [0.25, 0.3) is 0 Å². The number of aryl methyl sites for hydroxylation is 1. The van der Waals surface area contributed by atoms with Crippen molar-refractivity contribution in [3.8, 4) is 11.8 Å². The van der Waals surface area contributed by atoms with E-state index in [2.05, 4.69) is 27.0 Å². The lowest BCUT2D eigenvalue weighted by atomic mass is 10.3. The molecule has 0 saturated heterocycles. The van der Waals surface area contributed by atoms with Crippen LogP contribution in [0.25, 0.3) is 11.0 Å². The summed E-state index contributed by atoms with van der Waals surface area (Å²) in [6.07, 6.45) is 0.519. The van der Waals surface area contributed by atoms with Gasteiger partial charge >= 0.3 is 0 Å². The minimum absolute atomic E-state index is 0.335. The minimum Gasteiger partial charge on any atom is -0.244 e. The zero-order chi connectivity index (χ0) is 15.4. The fourth-order valence-corrected chi connectivity index (χ4v) is 1.96. The fraction of sp³-hybridized carbons (Fsp3) is 0.188. The first-order valence-electron chi connectivity index (χ1n) is 6.76. The Morgan fingerprint density at radius 2 is 1.95 bits per heavy atom. The first kappa shape index (κ1) is 14.1. The normalized spacial score (nSPS) is 10.5. The molecule has 2 aromatic heterocycles. The van der Waals surface area contributed by atoms with Crippen LogP contribution in [0.2, 0.25) is 0 Å². The maximum atomic E-state index is 13.1. The number of rotatable bonds is 3. The van der Waals surface area contributed by atoms with Crippen LogP contribution in [0.3, 0.4) is 0 Å². The number of benzene rings is 1. The number of fused-ring (bicyclic) bond motifs is 1. The predicted octanol–water partition coefficient (Wildman–Crippen LogP) is 2.88. The van der Waals surface area contributed by atoms with E-state index in [4.69, 9.17) is 0 Å². The standard InChI is InChI=1S/C16H12F2N4/c17-11-14-6-3-5-13(19-14)4-1-2-9-22-20-15-8-7-12(18)10-16(15)21-22/h3,5-8,10H,2,9,11H2. The van der Waals surface area contributed by atoms with Crippen molar-refractivity contribution in [2.75, 3.05) is 0 Å². The number of hydrogen-bond acceptors (Lipinski definition) is 3. The van der Waals surface area contributed by atoms with Crippen molar-refractivity contribution in [3.05, 3.63) is 53.6 Å². The number of alkyl halides is 1. The van der Waals surface area contributed by atoms with Crippen LogP contribution in [-0.2, 0) is 13.2 Å². The number of pyridine rings is 1. The Morgan fingerprint density at radius 1 is 1.09 bits per heavy atom. The molecule has 4 nitrogen and oxygen atoms in total. The van der Waals surface area contributed by atoms with E-state index < -0.39 is 6.67 Å². The van der Waals surface area contributed by atoms with Crippen LogP contribution < -0.4 is 0 Å². The Bertz CT molecular complexity index is 861. The monoisotopic (exact) mass is 298 g/mol. The summed E-state index contributed by atoms with van der Waals surface area (Å²) in [6, 6.07) is 9.36. The van der Waals surface area contributed by atoms with Crippen molar-refractivity contribution < 1.29 is 8.78 Å². The van der Waals surface area contributed by atoms with Gasteiger partial charge in [-0.15, -0.1) is 0 Å². The molecule has 1 aromatic carbocycles. The highest BCUT2D eigenvalue weighted by atomic mass is 19.1. The van der Waals surface area contributed by atoms with Gasteiger partial charge in [-0.3, -0.25) is 0 Å². The number of aromatic nitrogens is 4. The molecule has 0 spiro atoms. The van der Waals surface area contributed by atoms with Crippen molar-refractivity contribution in [1.82, 2.24) is 20.0 Å². The van der Waals surface area contributed by atoms with Crippen molar-refractivity contribution in [2.45, 2.75) is 19.6 Å². The Balaban J connectivity index is 1.66. The maximum Gasteiger partial charge on any atom is 0.131 e. The number of nitrogens with zero attached hydrogens (tertiary/aromatic N) is 4. The molecular formula is C16H12F2N4. The van der Waals surface area contributed by atoms with Gasteiger partial charge in [-0.25, -0.2) is 13.8 Å². The number of halogens is 2. The molecule has 0 amide bonds. The lowest BCUT2D eigenvalue weighted by Gasteiger charge is -1.94. The molecule has 22 heavy (non-hydrogen) atoms. The Hall–Kier alpha value is -2.81. The van der Waals surface area contributed by atoms with Gasteiger partial charge in [0.05, 0.1) is 12.2 Å². The molecule has 0 bridgehead atoms. The topological polar surface area (TPSA) is 43.6 Å². The van der Waals surface area contributed by atoms with Crippen LogP contribution in [0.4, 0.5) is 8.78 Å². The molecule has 110 valence electrons. The first-order valence-corrected chi connectivity index (χ1v) is 6.76. The van der Waals surface area contributed by atoms with Gasteiger partial charge in [0.2, 0.25) is 0 Å². The summed E-state index contributed by atoms with van der Waals surface area (Å²) in [4.78, 5) is 5.54. The summed E-state index contributed by atoms with van der Waals surface area (Å²) >= 11 is 0. The van der Waals surface area contributed by atoms with Gasteiger partial charge in [0.15, 0.2) is 0 Å². The van der Waals surface area contributed by atoms with Gasteiger partial charge < -0.3 is 0 Å². The van der Waals surface area contributed by atoms with E-state index in [1.165, 1.54) is 16.9 Å². The van der Waals surface area contributed by atoms with E-state index in [0.717, 1.165) is 0 Å². The second kappa shape index (κ2) is 6.31. The lowest BCUT2D eigenvalue weighted by molar-refractivity contribution is 0.476. The van der Waals surface area contributed by atoms with Crippen molar-refractivity contribution in [1.29, 1.82) is 0 Å². The van der Waals surface area contributed by atoms with Gasteiger partial charge in [0, 0.05) is 12.5 Å². The molecule has 0 aliphatic rings. The van der Waals surface area contributed by atoms with Crippen molar-refractivity contribution in [2.24, 2.45) is 0 Å². The largest absolute Gasteiger partial charge is 0.244 e. The first-order chi connectivity index (χ1) is 10.7. The second-order valence-electron chi connectivity index (χ2n) is 4.63. The van der Waals surface area contributed by atoms with Crippen LogP contribution in [0.1, 0.15) is 17.8 Å². The average Bonchev–Trinajstić information content (AvgIpc) is 2.93. The highest BCUT2D eigenvalue weighted by molar-refractivity contribution is 5.73. The SMILES string of the molecule is FCc1cccc(C#CCCn2nc3ccc(F)cc3n2)n1. The molecule has 3 rings (SSSR count). The van der Waals surface area contributed by atoms with Gasteiger partial charge in [-0.2, -0.15) is 15.0 Å². The molecule has 0 unspecified atom stereocenters.